The molecule has 0 radical (unpaired) electrons. The molecule has 0 saturated carbocycles. The Balaban J connectivity index is 2.49. The van der Waals surface area contributed by atoms with E-state index in [1.165, 1.54) is 0 Å². The molecule has 2 aromatic rings. The lowest BCUT2D eigenvalue weighted by Crippen LogP contribution is -2.06. The van der Waals surface area contributed by atoms with E-state index in [0.29, 0.717) is 24.4 Å². The fourth-order valence-electron chi connectivity index (χ4n) is 1.70. The molecule has 6 nitrogen and oxygen atoms in total. The zero-order valence-corrected chi connectivity index (χ0v) is 10.2. The van der Waals surface area contributed by atoms with Crippen molar-refractivity contribution in [3.63, 3.8) is 0 Å². The second kappa shape index (κ2) is 4.48. The Labute approximate surface area is 99.2 Å². The normalized spacial score (nSPS) is 10.8. The number of carbonyl (C=O) groups excluding carboxylic acids is 1. The molecule has 0 bridgehead atoms. The Bertz CT molecular complexity index is 540. The number of aromatic nitrogens is 5. The number of nitrogens with zero attached hydrogens (tertiary/aromatic N) is 5. The van der Waals surface area contributed by atoms with E-state index < -0.39 is 0 Å². The van der Waals surface area contributed by atoms with Crippen LogP contribution in [0.2, 0.25) is 0 Å². The molecule has 0 atom stereocenters. The van der Waals surface area contributed by atoms with Gasteiger partial charge in [0.05, 0.1) is 5.69 Å². The maximum absolute atomic E-state index is 11.7. The molecular weight excluding hydrogens is 218 g/mol. The summed E-state index contributed by atoms with van der Waals surface area (Å²) in [6.07, 6.45) is 2.97. The second-order valence-corrected chi connectivity index (χ2v) is 3.77. The molecule has 0 unspecified atom stereocenters. The molecule has 17 heavy (non-hydrogen) atoms. The van der Waals surface area contributed by atoms with Crippen LogP contribution in [-0.4, -0.2) is 30.6 Å². The molecule has 0 spiro atoms. The van der Waals surface area contributed by atoms with Crippen molar-refractivity contribution in [3.05, 3.63) is 23.7 Å². The quantitative estimate of drug-likeness (QED) is 0.743. The van der Waals surface area contributed by atoms with E-state index in [0.717, 1.165) is 5.69 Å². The molecule has 2 heterocycles. The molecule has 2 aromatic heterocycles. The summed E-state index contributed by atoms with van der Waals surface area (Å²) in [6.45, 7) is 3.80. The minimum absolute atomic E-state index is 0.0176. The second-order valence-electron chi connectivity index (χ2n) is 3.77. The third-order valence-corrected chi connectivity index (χ3v) is 2.60. The molecule has 0 aliphatic rings. The molecule has 6 heteroatoms. The maximum Gasteiger partial charge on any atom is 0.184 e. The number of aryl methyl sites for hydroxylation is 1. The van der Waals surface area contributed by atoms with Crippen LogP contribution in [0, 0.1) is 0 Å². The summed E-state index contributed by atoms with van der Waals surface area (Å²) in [5.74, 6) is 0.705. The van der Waals surface area contributed by atoms with Crippen molar-refractivity contribution in [1.29, 1.82) is 0 Å². The number of rotatable bonds is 4. The van der Waals surface area contributed by atoms with Gasteiger partial charge in [0.15, 0.2) is 17.3 Å². The highest BCUT2D eigenvalue weighted by molar-refractivity contribution is 5.95. The van der Waals surface area contributed by atoms with Gasteiger partial charge in [0.1, 0.15) is 0 Å². The van der Waals surface area contributed by atoms with Gasteiger partial charge in [-0.15, -0.1) is 5.10 Å². The van der Waals surface area contributed by atoms with Crippen molar-refractivity contribution in [2.45, 2.75) is 26.7 Å². The average Bonchev–Trinajstić information content (AvgIpc) is 2.93. The molecule has 0 saturated heterocycles. The molecular formula is C11H15N5O. The van der Waals surface area contributed by atoms with E-state index in [1.54, 1.807) is 9.36 Å². The molecule has 90 valence electrons. The summed E-state index contributed by atoms with van der Waals surface area (Å²) in [5, 5.41) is 12.2. The van der Waals surface area contributed by atoms with Gasteiger partial charge in [0.25, 0.3) is 0 Å². The van der Waals surface area contributed by atoms with Gasteiger partial charge >= 0.3 is 0 Å². The molecule has 0 fully saturated rings. The van der Waals surface area contributed by atoms with Crippen molar-refractivity contribution in [2.24, 2.45) is 7.05 Å². The maximum atomic E-state index is 11.7. The summed E-state index contributed by atoms with van der Waals surface area (Å²) in [7, 11) is 1.84. The highest BCUT2D eigenvalue weighted by Gasteiger charge is 2.18. The molecule has 2 rings (SSSR count). The van der Waals surface area contributed by atoms with Crippen LogP contribution in [0.5, 0.6) is 0 Å². The molecule has 0 aromatic carbocycles. The van der Waals surface area contributed by atoms with E-state index in [1.807, 2.05) is 33.2 Å². The van der Waals surface area contributed by atoms with Gasteiger partial charge in [-0.3, -0.25) is 9.48 Å². The first kappa shape index (κ1) is 11.5. The minimum atomic E-state index is 0.0176. The number of carbonyl (C=O) groups is 1. The van der Waals surface area contributed by atoms with Gasteiger partial charge in [-0.25, -0.2) is 0 Å². The molecule has 0 N–H and O–H groups in total. The standard InChI is InChI=1S/C11H15N5O/c1-4-8-11(9(17)5-2)12-14-16(8)10-6-7-15(3)13-10/h6-7H,4-5H2,1-3H3. The van der Waals surface area contributed by atoms with Crippen LogP contribution >= 0.6 is 0 Å². The lowest BCUT2D eigenvalue weighted by molar-refractivity contribution is 0.0982. The summed E-state index contributed by atoms with van der Waals surface area (Å²) < 4.78 is 3.32. The van der Waals surface area contributed by atoms with Crippen molar-refractivity contribution in [3.8, 4) is 5.82 Å². The summed E-state index contributed by atoms with van der Waals surface area (Å²) >= 11 is 0. The fraction of sp³-hybridized carbons (Fsp3) is 0.455. The van der Waals surface area contributed by atoms with Crippen LogP contribution in [0.15, 0.2) is 12.3 Å². The Morgan fingerprint density at radius 1 is 1.41 bits per heavy atom. The van der Waals surface area contributed by atoms with Crippen LogP contribution in [0.1, 0.15) is 36.5 Å². The first-order valence-corrected chi connectivity index (χ1v) is 5.65. The highest BCUT2D eigenvalue weighted by atomic mass is 16.1. The number of hydrogen-bond donors (Lipinski definition) is 0. The number of Topliss-reactive ketones (excluding diaryl/α,β-unsaturated/α-hetero) is 1. The van der Waals surface area contributed by atoms with Gasteiger partial charge in [0.2, 0.25) is 0 Å². The van der Waals surface area contributed by atoms with Gasteiger partial charge in [0, 0.05) is 25.7 Å². The monoisotopic (exact) mass is 233 g/mol. The Morgan fingerprint density at radius 2 is 2.18 bits per heavy atom. The fourth-order valence-corrected chi connectivity index (χ4v) is 1.70. The van der Waals surface area contributed by atoms with E-state index in [4.69, 9.17) is 0 Å². The smallest absolute Gasteiger partial charge is 0.184 e. The Hall–Kier alpha value is -1.98. The zero-order valence-electron chi connectivity index (χ0n) is 10.2. The lowest BCUT2D eigenvalue weighted by atomic mass is 10.1. The largest absolute Gasteiger partial charge is 0.292 e. The van der Waals surface area contributed by atoms with E-state index in [-0.39, 0.29) is 5.78 Å². The third-order valence-electron chi connectivity index (χ3n) is 2.60. The third kappa shape index (κ3) is 1.98. The Morgan fingerprint density at radius 3 is 2.71 bits per heavy atom. The highest BCUT2D eigenvalue weighted by Crippen LogP contribution is 2.13. The Kier molecular flexibility index (Phi) is 3.03. The molecule has 0 aliphatic carbocycles. The number of ketones is 1. The van der Waals surface area contributed by atoms with Crippen LogP contribution in [0.4, 0.5) is 0 Å². The van der Waals surface area contributed by atoms with Crippen LogP contribution in [0.3, 0.4) is 0 Å². The van der Waals surface area contributed by atoms with Crippen molar-refractivity contribution >= 4 is 5.78 Å². The van der Waals surface area contributed by atoms with Crippen molar-refractivity contribution in [1.82, 2.24) is 24.8 Å². The summed E-state index contributed by atoms with van der Waals surface area (Å²) in [6, 6.07) is 1.84. The molecule has 0 amide bonds. The lowest BCUT2D eigenvalue weighted by Gasteiger charge is -2.01. The molecule has 0 aliphatic heterocycles. The van der Waals surface area contributed by atoms with E-state index >= 15 is 0 Å². The van der Waals surface area contributed by atoms with Crippen molar-refractivity contribution in [2.75, 3.05) is 0 Å². The zero-order chi connectivity index (χ0) is 12.4. The topological polar surface area (TPSA) is 65.6 Å². The van der Waals surface area contributed by atoms with Crippen LogP contribution in [-0.2, 0) is 13.5 Å². The van der Waals surface area contributed by atoms with Crippen LogP contribution < -0.4 is 0 Å². The first-order chi connectivity index (χ1) is 8.17. The van der Waals surface area contributed by atoms with Crippen molar-refractivity contribution < 1.29 is 4.79 Å². The number of hydrogen-bond acceptors (Lipinski definition) is 4. The van der Waals surface area contributed by atoms with E-state index in [9.17, 15) is 4.79 Å². The predicted molar refractivity (Wildman–Crippen MR) is 62.1 cm³/mol. The summed E-state index contributed by atoms with van der Waals surface area (Å²) in [5.41, 5.74) is 1.27. The average molecular weight is 233 g/mol. The summed E-state index contributed by atoms with van der Waals surface area (Å²) in [4.78, 5) is 11.7. The van der Waals surface area contributed by atoms with Gasteiger partial charge in [-0.1, -0.05) is 19.1 Å². The minimum Gasteiger partial charge on any atom is -0.292 e. The van der Waals surface area contributed by atoms with Gasteiger partial charge in [-0.05, 0) is 6.42 Å². The van der Waals surface area contributed by atoms with E-state index in [2.05, 4.69) is 15.4 Å². The van der Waals surface area contributed by atoms with Gasteiger partial charge < -0.3 is 0 Å². The first-order valence-electron chi connectivity index (χ1n) is 5.65. The van der Waals surface area contributed by atoms with Gasteiger partial charge in [-0.2, -0.15) is 9.78 Å². The predicted octanol–water partition coefficient (Wildman–Crippen LogP) is 1.16. The SMILES string of the molecule is CCC(=O)c1nnn(-c2ccn(C)n2)c1CC. The van der Waals surface area contributed by atoms with Crippen LogP contribution in [0.25, 0.3) is 5.82 Å².